The summed E-state index contributed by atoms with van der Waals surface area (Å²) in [6.07, 6.45) is 2.23. The molecule has 0 aliphatic rings. The Balaban J connectivity index is 1.81. The second-order valence-electron chi connectivity index (χ2n) is 5.73. The molecule has 0 bridgehead atoms. The molecule has 3 rings (SSSR count). The van der Waals surface area contributed by atoms with Crippen molar-refractivity contribution in [2.24, 2.45) is 0 Å². The third-order valence-electron chi connectivity index (χ3n) is 4.04. The highest BCUT2D eigenvalue weighted by Gasteiger charge is 2.28. The van der Waals surface area contributed by atoms with Gasteiger partial charge >= 0.3 is 5.97 Å². The van der Waals surface area contributed by atoms with Crippen LogP contribution in [0, 0.1) is 5.82 Å². The van der Waals surface area contributed by atoms with E-state index in [0.717, 1.165) is 5.56 Å². The molecule has 0 saturated heterocycles. The maximum atomic E-state index is 13.0. The zero-order chi connectivity index (χ0) is 17.8. The van der Waals surface area contributed by atoms with E-state index >= 15 is 0 Å². The fraction of sp³-hybridized carbons (Fsp3) is 0.235. The largest absolute Gasteiger partial charge is 0.481 e. The SMILES string of the molecule is O=C(O)C(CC(O)c1ncn[nH]1)c1cc[nH]c1Cc1ccc(F)cc1. The van der Waals surface area contributed by atoms with Gasteiger partial charge in [-0.3, -0.25) is 9.89 Å². The summed E-state index contributed by atoms with van der Waals surface area (Å²) in [4.78, 5) is 18.6. The van der Waals surface area contributed by atoms with Crippen LogP contribution < -0.4 is 0 Å². The minimum absolute atomic E-state index is 0.0429. The minimum atomic E-state index is -1.07. The van der Waals surface area contributed by atoms with Gasteiger partial charge in [0.1, 0.15) is 18.2 Å². The monoisotopic (exact) mass is 344 g/mol. The molecule has 25 heavy (non-hydrogen) atoms. The van der Waals surface area contributed by atoms with E-state index in [-0.39, 0.29) is 18.1 Å². The predicted octanol–water partition coefficient (Wildman–Crippen LogP) is 2.15. The van der Waals surface area contributed by atoms with E-state index in [4.69, 9.17) is 0 Å². The summed E-state index contributed by atoms with van der Waals surface area (Å²) in [7, 11) is 0. The van der Waals surface area contributed by atoms with Crippen molar-refractivity contribution >= 4 is 5.97 Å². The molecule has 2 heterocycles. The number of nitrogens with one attached hydrogen (secondary N) is 2. The van der Waals surface area contributed by atoms with Crippen LogP contribution in [0.15, 0.2) is 42.9 Å². The summed E-state index contributed by atoms with van der Waals surface area (Å²) in [5, 5.41) is 26.0. The molecule has 7 nitrogen and oxygen atoms in total. The van der Waals surface area contributed by atoms with Crippen molar-refractivity contribution < 1.29 is 19.4 Å². The average molecular weight is 344 g/mol. The zero-order valence-electron chi connectivity index (χ0n) is 13.2. The van der Waals surface area contributed by atoms with E-state index in [1.54, 1.807) is 24.4 Å². The third kappa shape index (κ3) is 3.92. The van der Waals surface area contributed by atoms with Gasteiger partial charge in [0.05, 0.1) is 5.92 Å². The van der Waals surface area contributed by atoms with Gasteiger partial charge in [-0.2, -0.15) is 5.10 Å². The van der Waals surface area contributed by atoms with Crippen LogP contribution in [0.1, 0.15) is 41.1 Å². The smallest absolute Gasteiger partial charge is 0.311 e. The first kappa shape index (κ1) is 16.8. The Hall–Kier alpha value is -3.00. The molecule has 3 aromatic rings. The van der Waals surface area contributed by atoms with E-state index in [1.807, 2.05) is 0 Å². The number of hydrogen-bond donors (Lipinski definition) is 4. The predicted molar refractivity (Wildman–Crippen MR) is 86.3 cm³/mol. The lowest BCUT2D eigenvalue weighted by Gasteiger charge is -2.16. The highest BCUT2D eigenvalue weighted by Crippen LogP contribution is 2.30. The van der Waals surface area contributed by atoms with E-state index in [9.17, 15) is 19.4 Å². The molecule has 2 aromatic heterocycles. The molecule has 8 heteroatoms. The van der Waals surface area contributed by atoms with Gasteiger partial charge in [0.25, 0.3) is 0 Å². The summed E-state index contributed by atoms with van der Waals surface area (Å²) in [5.74, 6) is -2.06. The Labute approximate surface area is 142 Å². The molecular weight excluding hydrogens is 327 g/mol. The van der Waals surface area contributed by atoms with Gasteiger partial charge < -0.3 is 15.2 Å². The number of aliphatic hydroxyl groups is 1. The van der Waals surface area contributed by atoms with Gasteiger partial charge in [0, 0.05) is 18.3 Å². The number of nitrogens with zero attached hydrogens (tertiary/aromatic N) is 2. The molecule has 0 aliphatic heterocycles. The maximum absolute atomic E-state index is 13.0. The van der Waals surface area contributed by atoms with E-state index in [1.165, 1.54) is 18.5 Å². The fourth-order valence-corrected chi connectivity index (χ4v) is 2.77. The molecule has 0 radical (unpaired) electrons. The summed E-state index contributed by atoms with van der Waals surface area (Å²) in [5.41, 5.74) is 2.14. The molecule has 0 amide bonds. The molecule has 0 aliphatic carbocycles. The Bertz CT molecular complexity index is 830. The van der Waals surface area contributed by atoms with Crippen molar-refractivity contribution in [2.75, 3.05) is 0 Å². The quantitative estimate of drug-likeness (QED) is 0.524. The number of H-pyrrole nitrogens is 2. The topological polar surface area (TPSA) is 115 Å². The van der Waals surface area contributed by atoms with Crippen LogP contribution in [0.3, 0.4) is 0 Å². The first-order valence-corrected chi connectivity index (χ1v) is 7.71. The number of carboxylic acids is 1. The molecule has 0 spiro atoms. The first-order chi connectivity index (χ1) is 12.0. The van der Waals surface area contributed by atoms with Crippen LogP contribution in [-0.4, -0.2) is 36.3 Å². The minimum Gasteiger partial charge on any atom is -0.481 e. The average Bonchev–Trinajstić information content (AvgIpc) is 3.26. The van der Waals surface area contributed by atoms with Crippen molar-refractivity contribution in [1.82, 2.24) is 20.2 Å². The second-order valence-corrected chi connectivity index (χ2v) is 5.73. The number of rotatable bonds is 7. The number of carboxylic acid groups (broad SMARTS) is 1. The normalized spacial score (nSPS) is 13.5. The van der Waals surface area contributed by atoms with Crippen LogP contribution in [0.2, 0.25) is 0 Å². The van der Waals surface area contributed by atoms with Crippen LogP contribution in [-0.2, 0) is 11.2 Å². The zero-order valence-corrected chi connectivity index (χ0v) is 13.2. The van der Waals surface area contributed by atoms with Gasteiger partial charge in [-0.15, -0.1) is 0 Å². The maximum Gasteiger partial charge on any atom is 0.311 e. The number of benzene rings is 1. The highest BCUT2D eigenvalue weighted by atomic mass is 19.1. The molecule has 1 aromatic carbocycles. The molecule has 2 atom stereocenters. The van der Waals surface area contributed by atoms with Crippen molar-refractivity contribution in [3.8, 4) is 0 Å². The highest BCUT2D eigenvalue weighted by molar-refractivity contribution is 5.76. The lowest BCUT2D eigenvalue weighted by Crippen LogP contribution is -2.17. The van der Waals surface area contributed by atoms with Gasteiger partial charge in [0.2, 0.25) is 0 Å². The first-order valence-electron chi connectivity index (χ1n) is 7.71. The van der Waals surface area contributed by atoms with E-state index < -0.39 is 18.0 Å². The fourth-order valence-electron chi connectivity index (χ4n) is 2.77. The van der Waals surface area contributed by atoms with Gasteiger partial charge in [0.15, 0.2) is 5.82 Å². The van der Waals surface area contributed by atoms with Gasteiger partial charge in [-0.05, 0) is 35.7 Å². The molecular formula is C17H17FN4O3. The van der Waals surface area contributed by atoms with E-state index in [0.29, 0.717) is 17.7 Å². The van der Waals surface area contributed by atoms with Crippen molar-refractivity contribution in [2.45, 2.75) is 24.9 Å². The molecule has 0 fully saturated rings. The Morgan fingerprint density at radius 2 is 2.00 bits per heavy atom. The number of hydrogen-bond acceptors (Lipinski definition) is 4. The van der Waals surface area contributed by atoms with Crippen molar-refractivity contribution in [3.05, 3.63) is 71.3 Å². The summed E-state index contributed by atoms with van der Waals surface area (Å²) in [6, 6.07) is 7.71. The Kier molecular flexibility index (Phi) is 4.90. The lowest BCUT2D eigenvalue weighted by atomic mass is 9.91. The molecule has 0 saturated carbocycles. The van der Waals surface area contributed by atoms with Crippen molar-refractivity contribution in [1.29, 1.82) is 0 Å². The van der Waals surface area contributed by atoms with Crippen molar-refractivity contribution in [3.63, 3.8) is 0 Å². The standard InChI is InChI=1S/C17H17FN4O3/c18-11-3-1-10(2-4-11)7-14-12(5-6-19-14)13(17(24)25)8-15(23)16-20-9-21-22-16/h1-6,9,13,15,19,23H,7-8H2,(H,24,25)(H,20,21,22). The van der Waals surface area contributed by atoms with Gasteiger partial charge in [-0.25, -0.2) is 9.37 Å². The third-order valence-corrected chi connectivity index (χ3v) is 4.04. The second kappa shape index (κ2) is 7.27. The summed E-state index contributed by atoms with van der Waals surface area (Å²) >= 11 is 0. The lowest BCUT2D eigenvalue weighted by molar-refractivity contribution is -0.139. The number of halogens is 1. The number of aromatic nitrogens is 4. The van der Waals surface area contributed by atoms with Crippen LogP contribution >= 0.6 is 0 Å². The molecule has 4 N–H and O–H groups in total. The molecule has 2 unspecified atom stereocenters. The van der Waals surface area contributed by atoms with E-state index in [2.05, 4.69) is 20.2 Å². The van der Waals surface area contributed by atoms with Gasteiger partial charge in [-0.1, -0.05) is 12.1 Å². The Morgan fingerprint density at radius 3 is 2.64 bits per heavy atom. The molecule has 130 valence electrons. The number of aromatic amines is 2. The van der Waals surface area contributed by atoms with Crippen LogP contribution in [0.25, 0.3) is 0 Å². The number of aliphatic carboxylic acids is 1. The summed E-state index contributed by atoms with van der Waals surface area (Å²) < 4.78 is 13.0. The Morgan fingerprint density at radius 1 is 1.24 bits per heavy atom. The summed E-state index contributed by atoms with van der Waals surface area (Å²) in [6.45, 7) is 0. The van der Waals surface area contributed by atoms with Crippen LogP contribution in [0.4, 0.5) is 4.39 Å². The number of aliphatic hydroxyl groups excluding tert-OH is 1. The van der Waals surface area contributed by atoms with Crippen LogP contribution in [0.5, 0.6) is 0 Å². The number of carbonyl (C=O) groups is 1.